The molecule has 0 radical (unpaired) electrons. The van der Waals surface area contributed by atoms with E-state index in [1.165, 1.54) is 12.5 Å². The SMILES string of the molecule is Cc1cc(=O)c2c(O)c(CN3CCCCC3)c(O)c(C3CCNCC3CO)c2o1. The zero-order valence-electron chi connectivity index (χ0n) is 16.9. The highest BCUT2D eigenvalue weighted by Crippen LogP contribution is 2.46. The summed E-state index contributed by atoms with van der Waals surface area (Å²) in [6, 6.07) is 1.37. The number of nitrogens with zero attached hydrogens (tertiary/aromatic N) is 1. The maximum atomic E-state index is 12.8. The summed E-state index contributed by atoms with van der Waals surface area (Å²) in [5.74, 6) is -0.0130. The van der Waals surface area contributed by atoms with Gasteiger partial charge in [-0.25, -0.2) is 0 Å². The normalized spacial score (nSPS) is 23.5. The number of aryl methyl sites for hydroxylation is 1. The Hall–Kier alpha value is -2.09. The van der Waals surface area contributed by atoms with E-state index in [2.05, 4.69) is 10.2 Å². The number of phenolic OH excluding ortho intramolecular Hbond substituents is 2. The van der Waals surface area contributed by atoms with E-state index in [0.29, 0.717) is 36.4 Å². The summed E-state index contributed by atoms with van der Waals surface area (Å²) < 4.78 is 5.89. The Morgan fingerprint density at radius 1 is 1.21 bits per heavy atom. The Labute approximate surface area is 170 Å². The van der Waals surface area contributed by atoms with E-state index >= 15 is 0 Å². The third kappa shape index (κ3) is 3.74. The number of benzene rings is 1. The lowest BCUT2D eigenvalue weighted by Crippen LogP contribution is -2.37. The highest BCUT2D eigenvalue weighted by Gasteiger charge is 2.34. The second-order valence-corrected chi connectivity index (χ2v) is 8.39. The zero-order chi connectivity index (χ0) is 20.5. The van der Waals surface area contributed by atoms with Crippen LogP contribution in [0.4, 0.5) is 0 Å². The number of phenols is 2. The fraction of sp³-hybridized carbons (Fsp3) is 0.591. The molecule has 0 saturated carbocycles. The standard InChI is InChI=1S/C22H30N2O5/c1-13-9-17(26)19-21(28)16(11-24-7-3-2-4-8-24)20(27)18(22(19)29-13)15-5-6-23-10-14(15)12-25/h9,14-15,23,25,27-28H,2-8,10-12H2,1H3. The Bertz CT molecular complexity index is 949. The molecule has 1 aromatic carbocycles. The van der Waals surface area contributed by atoms with E-state index in [1.807, 2.05) is 0 Å². The van der Waals surface area contributed by atoms with Gasteiger partial charge in [0.15, 0.2) is 5.43 Å². The molecular formula is C22H30N2O5. The highest BCUT2D eigenvalue weighted by molar-refractivity contribution is 5.90. The molecule has 29 heavy (non-hydrogen) atoms. The van der Waals surface area contributed by atoms with E-state index in [0.717, 1.165) is 32.5 Å². The fourth-order valence-electron chi connectivity index (χ4n) is 4.89. The van der Waals surface area contributed by atoms with Crippen molar-refractivity contribution in [1.82, 2.24) is 10.2 Å². The summed E-state index contributed by atoms with van der Waals surface area (Å²) in [5.41, 5.74) is 0.876. The fourth-order valence-corrected chi connectivity index (χ4v) is 4.89. The number of aromatic hydroxyl groups is 2. The van der Waals surface area contributed by atoms with Crippen LogP contribution in [0, 0.1) is 12.8 Å². The third-order valence-corrected chi connectivity index (χ3v) is 6.42. The number of nitrogens with one attached hydrogen (secondary N) is 1. The Kier molecular flexibility index (Phi) is 5.81. The number of rotatable bonds is 4. The topological polar surface area (TPSA) is 106 Å². The van der Waals surface area contributed by atoms with Crippen LogP contribution in [0.2, 0.25) is 0 Å². The van der Waals surface area contributed by atoms with Crippen molar-refractivity contribution < 1.29 is 19.7 Å². The molecule has 2 aliphatic heterocycles. The highest BCUT2D eigenvalue weighted by atomic mass is 16.3. The van der Waals surface area contributed by atoms with Gasteiger partial charge < -0.3 is 25.1 Å². The number of aliphatic hydroxyl groups is 1. The Balaban J connectivity index is 1.93. The maximum absolute atomic E-state index is 12.8. The first kappa shape index (κ1) is 20.2. The molecule has 0 spiro atoms. The number of likely N-dealkylation sites (tertiary alicyclic amines) is 1. The number of piperidine rings is 2. The van der Waals surface area contributed by atoms with Crippen LogP contribution in [0.1, 0.15) is 48.5 Å². The van der Waals surface area contributed by atoms with E-state index in [4.69, 9.17) is 4.42 Å². The molecule has 158 valence electrons. The van der Waals surface area contributed by atoms with Crippen LogP contribution in [0.5, 0.6) is 11.5 Å². The van der Waals surface area contributed by atoms with E-state index in [-0.39, 0.29) is 46.3 Å². The van der Waals surface area contributed by atoms with Crippen LogP contribution >= 0.6 is 0 Å². The summed E-state index contributed by atoms with van der Waals surface area (Å²) in [4.78, 5) is 15.0. The van der Waals surface area contributed by atoms with Crippen LogP contribution < -0.4 is 10.7 Å². The first-order chi connectivity index (χ1) is 14.0. The van der Waals surface area contributed by atoms with Crippen LogP contribution in [0.25, 0.3) is 11.0 Å². The minimum atomic E-state index is -0.308. The smallest absolute Gasteiger partial charge is 0.196 e. The van der Waals surface area contributed by atoms with E-state index in [9.17, 15) is 20.1 Å². The molecule has 2 aromatic rings. The van der Waals surface area contributed by atoms with Gasteiger partial charge in [0.2, 0.25) is 0 Å². The number of fused-ring (bicyclic) bond motifs is 1. The van der Waals surface area contributed by atoms with Gasteiger partial charge in [0.05, 0.1) is 5.56 Å². The van der Waals surface area contributed by atoms with Gasteiger partial charge in [0.25, 0.3) is 0 Å². The van der Waals surface area contributed by atoms with Gasteiger partial charge in [0, 0.05) is 37.2 Å². The molecule has 0 amide bonds. The monoisotopic (exact) mass is 402 g/mol. The van der Waals surface area contributed by atoms with Gasteiger partial charge in [-0.1, -0.05) is 6.42 Å². The van der Waals surface area contributed by atoms with Gasteiger partial charge in [-0.2, -0.15) is 0 Å². The van der Waals surface area contributed by atoms with Gasteiger partial charge in [-0.3, -0.25) is 9.69 Å². The lowest BCUT2D eigenvalue weighted by Gasteiger charge is -2.33. The van der Waals surface area contributed by atoms with Crippen molar-refractivity contribution in [2.45, 2.75) is 45.1 Å². The average molecular weight is 402 g/mol. The molecule has 3 heterocycles. The third-order valence-electron chi connectivity index (χ3n) is 6.42. The second kappa shape index (κ2) is 8.34. The molecule has 2 fully saturated rings. The molecule has 0 aliphatic carbocycles. The first-order valence-electron chi connectivity index (χ1n) is 10.6. The van der Waals surface area contributed by atoms with Crippen molar-refractivity contribution in [3.05, 3.63) is 33.2 Å². The summed E-state index contributed by atoms with van der Waals surface area (Å²) in [5, 5.41) is 35.6. The van der Waals surface area contributed by atoms with Gasteiger partial charge in [0.1, 0.15) is 28.2 Å². The Morgan fingerprint density at radius 2 is 1.97 bits per heavy atom. The summed E-state index contributed by atoms with van der Waals surface area (Å²) in [7, 11) is 0. The zero-order valence-corrected chi connectivity index (χ0v) is 16.9. The van der Waals surface area contributed by atoms with Crippen molar-refractivity contribution in [3.63, 3.8) is 0 Å². The molecule has 2 unspecified atom stereocenters. The summed E-state index contributed by atoms with van der Waals surface area (Å²) in [6.07, 6.45) is 4.07. The molecule has 2 atom stereocenters. The van der Waals surface area contributed by atoms with Gasteiger partial charge in [-0.15, -0.1) is 0 Å². The average Bonchev–Trinajstić information content (AvgIpc) is 2.71. The van der Waals surface area contributed by atoms with E-state index < -0.39 is 0 Å². The van der Waals surface area contributed by atoms with E-state index in [1.54, 1.807) is 6.92 Å². The van der Waals surface area contributed by atoms with Crippen LogP contribution in [-0.4, -0.2) is 53.0 Å². The molecule has 1 aromatic heterocycles. The molecule has 2 saturated heterocycles. The predicted octanol–water partition coefficient (Wildman–Crippen LogP) is 2.18. The molecule has 4 N–H and O–H groups in total. The molecule has 2 aliphatic rings. The molecule has 7 heteroatoms. The minimum Gasteiger partial charge on any atom is -0.507 e. The maximum Gasteiger partial charge on any atom is 0.196 e. The number of aliphatic hydroxyl groups excluding tert-OH is 1. The number of hydrogen-bond donors (Lipinski definition) is 4. The molecular weight excluding hydrogens is 372 g/mol. The van der Waals surface area contributed by atoms with Crippen LogP contribution in [-0.2, 0) is 6.54 Å². The summed E-state index contributed by atoms with van der Waals surface area (Å²) in [6.45, 7) is 5.23. The van der Waals surface area contributed by atoms with Gasteiger partial charge in [-0.05, 0) is 51.7 Å². The van der Waals surface area contributed by atoms with Crippen LogP contribution in [0.15, 0.2) is 15.3 Å². The van der Waals surface area contributed by atoms with Crippen molar-refractivity contribution in [3.8, 4) is 11.5 Å². The Morgan fingerprint density at radius 3 is 2.69 bits per heavy atom. The first-order valence-corrected chi connectivity index (χ1v) is 10.6. The molecule has 0 bridgehead atoms. The predicted molar refractivity (Wildman–Crippen MR) is 110 cm³/mol. The van der Waals surface area contributed by atoms with Crippen molar-refractivity contribution in [2.75, 3.05) is 32.8 Å². The second-order valence-electron chi connectivity index (χ2n) is 8.39. The largest absolute Gasteiger partial charge is 0.507 e. The van der Waals surface area contributed by atoms with Crippen molar-refractivity contribution in [2.24, 2.45) is 5.92 Å². The number of hydrogen-bond acceptors (Lipinski definition) is 7. The van der Waals surface area contributed by atoms with Gasteiger partial charge >= 0.3 is 0 Å². The lowest BCUT2D eigenvalue weighted by atomic mass is 9.79. The van der Waals surface area contributed by atoms with Crippen LogP contribution in [0.3, 0.4) is 0 Å². The lowest BCUT2D eigenvalue weighted by molar-refractivity contribution is 0.177. The minimum absolute atomic E-state index is 0.000302. The summed E-state index contributed by atoms with van der Waals surface area (Å²) >= 11 is 0. The van der Waals surface area contributed by atoms with Crippen molar-refractivity contribution in [1.29, 1.82) is 0 Å². The molecule has 7 nitrogen and oxygen atoms in total. The quantitative estimate of drug-likeness (QED) is 0.621. The molecule has 4 rings (SSSR count). The van der Waals surface area contributed by atoms with Crippen molar-refractivity contribution >= 4 is 11.0 Å².